The third kappa shape index (κ3) is 3.84. The number of nitrogens with one attached hydrogen (secondary N) is 1. The van der Waals surface area contributed by atoms with Gasteiger partial charge in [-0.25, -0.2) is 4.98 Å². The van der Waals surface area contributed by atoms with Gasteiger partial charge in [-0.05, 0) is 37.6 Å². The molecule has 0 amide bonds. The van der Waals surface area contributed by atoms with Crippen LogP contribution in [0.2, 0.25) is 0 Å². The summed E-state index contributed by atoms with van der Waals surface area (Å²) in [6, 6.07) is 13.9. The van der Waals surface area contributed by atoms with Crippen LogP contribution in [0, 0.1) is 10.1 Å². The highest BCUT2D eigenvalue weighted by molar-refractivity contribution is 5.40. The molecule has 1 saturated heterocycles. The lowest BCUT2D eigenvalue weighted by molar-refractivity contribution is -0.385. The Morgan fingerprint density at radius 2 is 1.91 bits per heavy atom. The van der Waals surface area contributed by atoms with E-state index in [0.717, 1.165) is 19.6 Å². The van der Waals surface area contributed by atoms with Gasteiger partial charge in [-0.15, -0.1) is 0 Å². The normalized spacial score (nSPS) is 16.2. The van der Waals surface area contributed by atoms with E-state index in [-0.39, 0.29) is 11.7 Å². The van der Waals surface area contributed by atoms with Gasteiger partial charge in [-0.3, -0.25) is 15.0 Å². The maximum atomic E-state index is 10.7. The Kier molecular flexibility index (Phi) is 4.83. The number of likely N-dealkylation sites (tertiary alicyclic amines) is 1. The van der Waals surface area contributed by atoms with Crippen molar-refractivity contribution in [1.82, 2.24) is 9.88 Å². The number of anilines is 1. The van der Waals surface area contributed by atoms with Gasteiger partial charge in [0.05, 0.1) is 11.0 Å². The van der Waals surface area contributed by atoms with E-state index < -0.39 is 4.92 Å². The summed E-state index contributed by atoms with van der Waals surface area (Å²) in [6.07, 6.45) is 3.76. The standard InChI is InChI=1S/C17H20N4O2/c22-21(23)15-8-9-17(18-12-15)19-13-16(20-10-4-5-11-20)14-6-2-1-3-7-14/h1-3,6-9,12,16H,4-5,10-11,13H2,(H,18,19)/t16-/m0/s1. The molecule has 2 aromatic rings. The molecule has 6 nitrogen and oxygen atoms in total. The Balaban J connectivity index is 1.70. The molecule has 1 atom stereocenters. The van der Waals surface area contributed by atoms with Gasteiger partial charge in [0.2, 0.25) is 0 Å². The molecule has 3 rings (SSSR count). The number of aromatic nitrogens is 1. The molecule has 120 valence electrons. The lowest BCUT2D eigenvalue weighted by Crippen LogP contribution is -2.31. The third-order valence-electron chi connectivity index (χ3n) is 4.20. The van der Waals surface area contributed by atoms with E-state index in [1.165, 1.54) is 30.7 Å². The van der Waals surface area contributed by atoms with Crippen LogP contribution in [0.25, 0.3) is 0 Å². The molecule has 6 heteroatoms. The molecule has 1 fully saturated rings. The Labute approximate surface area is 135 Å². The maximum absolute atomic E-state index is 10.7. The van der Waals surface area contributed by atoms with E-state index >= 15 is 0 Å². The van der Waals surface area contributed by atoms with Crippen LogP contribution in [0.4, 0.5) is 11.5 Å². The quantitative estimate of drug-likeness (QED) is 0.655. The van der Waals surface area contributed by atoms with Gasteiger partial charge in [0.1, 0.15) is 12.0 Å². The number of hydrogen-bond acceptors (Lipinski definition) is 5. The second-order valence-corrected chi connectivity index (χ2v) is 5.71. The Morgan fingerprint density at radius 1 is 1.17 bits per heavy atom. The van der Waals surface area contributed by atoms with Gasteiger partial charge >= 0.3 is 0 Å². The third-order valence-corrected chi connectivity index (χ3v) is 4.20. The van der Waals surface area contributed by atoms with E-state index in [9.17, 15) is 10.1 Å². The topological polar surface area (TPSA) is 71.3 Å². The molecular weight excluding hydrogens is 292 g/mol. The van der Waals surface area contributed by atoms with Crippen molar-refractivity contribution >= 4 is 11.5 Å². The summed E-state index contributed by atoms with van der Waals surface area (Å²) in [6.45, 7) is 2.94. The van der Waals surface area contributed by atoms with Crippen LogP contribution in [0.3, 0.4) is 0 Å². The van der Waals surface area contributed by atoms with Gasteiger partial charge in [0.25, 0.3) is 5.69 Å². The number of nitro groups is 1. The highest BCUT2D eigenvalue weighted by Gasteiger charge is 2.23. The minimum absolute atomic E-state index is 0.00898. The molecule has 0 radical (unpaired) electrons. The van der Waals surface area contributed by atoms with Crippen LogP contribution < -0.4 is 5.32 Å². The van der Waals surface area contributed by atoms with E-state index in [1.807, 2.05) is 6.07 Å². The summed E-state index contributed by atoms with van der Waals surface area (Å²) in [5.74, 6) is 0.663. The van der Waals surface area contributed by atoms with Crippen molar-refractivity contribution in [2.24, 2.45) is 0 Å². The first-order valence-corrected chi connectivity index (χ1v) is 7.87. The predicted octanol–water partition coefficient (Wildman–Crippen LogP) is 3.24. The van der Waals surface area contributed by atoms with Gasteiger partial charge in [-0.2, -0.15) is 0 Å². The number of hydrogen-bond donors (Lipinski definition) is 1. The zero-order valence-corrected chi connectivity index (χ0v) is 12.9. The van der Waals surface area contributed by atoms with Crippen LogP contribution >= 0.6 is 0 Å². The SMILES string of the molecule is O=[N+]([O-])c1ccc(NC[C@@H](c2ccccc2)N2CCCC2)nc1. The van der Waals surface area contributed by atoms with Gasteiger partial charge < -0.3 is 5.32 Å². The van der Waals surface area contributed by atoms with Crippen molar-refractivity contribution in [3.63, 3.8) is 0 Å². The lowest BCUT2D eigenvalue weighted by Gasteiger charge is -2.28. The number of pyridine rings is 1. The zero-order valence-electron chi connectivity index (χ0n) is 12.9. The summed E-state index contributed by atoms with van der Waals surface area (Å²) < 4.78 is 0. The number of rotatable bonds is 6. The molecule has 0 spiro atoms. The summed E-state index contributed by atoms with van der Waals surface area (Å²) in [7, 11) is 0. The average Bonchev–Trinajstić information content (AvgIpc) is 3.11. The Hall–Kier alpha value is -2.47. The Morgan fingerprint density at radius 3 is 2.52 bits per heavy atom. The van der Waals surface area contributed by atoms with Crippen molar-refractivity contribution in [3.8, 4) is 0 Å². The first-order chi connectivity index (χ1) is 11.2. The zero-order chi connectivity index (χ0) is 16.1. The molecule has 0 unspecified atom stereocenters. The van der Waals surface area contributed by atoms with E-state index in [1.54, 1.807) is 6.07 Å². The summed E-state index contributed by atoms with van der Waals surface area (Å²) >= 11 is 0. The minimum atomic E-state index is -0.437. The van der Waals surface area contributed by atoms with Crippen molar-refractivity contribution in [3.05, 3.63) is 64.3 Å². The van der Waals surface area contributed by atoms with Crippen LogP contribution in [-0.4, -0.2) is 34.4 Å². The average molecular weight is 312 g/mol. The molecule has 1 aliphatic heterocycles. The van der Waals surface area contributed by atoms with E-state index in [4.69, 9.17) is 0 Å². The molecule has 1 aromatic carbocycles. The first kappa shape index (κ1) is 15.4. The number of benzene rings is 1. The van der Waals surface area contributed by atoms with E-state index in [2.05, 4.69) is 39.5 Å². The predicted molar refractivity (Wildman–Crippen MR) is 89.4 cm³/mol. The maximum Gasteiger partial charge on any atom is 0.287 e. The highest BCUT2D eigenvalue weighted by Crippen LogP contribution is 2.25. The highest BCUT2D eigenvalue weighted by atomic mass is 16.6. The fourth-order valence-electron chi connectivity index (χ4n) is 2.99. The van der Waals surface area contributed by atoms with Crippen LogP contribution in [-0.2, 0) is 0 Å². The smallest absolute Gasteiger partial charge is 0.287 e. The largest absolute Gasteiger partial charge is 0.368 e. The minimum Gasteiger partial charge on any atom is -0.368 e. The molecule has 1 N–H and O–H groups in total. The van der Waals surface area contributed by atoms with E-state index in [0.29, 0.717) is 5.82 Å². The van der Waals surface area contributed by atoms with Crippen LogP contribution in [0.1, 0.15) is 24.4 Å². The monoisotopic (exact) mass is 312 g/mol. The van der Waals surface area contributed by atoms with Gasteiger partial charge in [0.15, 0.2) is 0 Å². The molecule has 0 aliphatic carbocycles. The molecule has 23 heavy (non-hydrogen) atoms. The number of nitrogens with zero attached hydrogens (tertiary/aromatic N) is 3. The van der Waals surface area contributed by atoms with Crippen LogP contribution in [0.5, 0.6) is 0 Å². The summed E-state index contributed by atoms with van der Waals surface area (Å²) in [5.41, 5.74) is 1.29. The van der Waals surface area contributed by atoms with Gasteiger partial charge in [-0.1, -0.05) is 30.3 Å². The molecule has 1 aliphatic rings. The van der Waals surface area contributed by atoms with Crippen molar-refractivity contribution in [1.29, 1.82) is 0 Å². The lowest BCUT2D eigenvalue weighted by atomic mass is 10.1. The summed E-state index contributed by atoms with van der Waals surface area (Å²) in [5, 5.41) is 14.0. The Bertz CT molecular complexity index is 639. The fraction of sp³-hybridized carbons (Fsp3) is 0.353. The molecule has 0 saturated carbocycles. The van der Waals surface area contributed by atoms with Crippen molar-refractivity contribution in [2.45, 2.75) is 18.9 Å². The van der Waals surface area contributed by atoms with Crippen molar-refractivity contribution < 1.29 is 4.92 Å². The molecular formula is C17H20N4O2. The first-order valence-electron chi connectivity index (χ1n) is 7.87. The second-order valence-electron chi connectivity index (χ2n) is 5.71. The summed E-state index contributed by atoms with van der Waals surface area (Å²) in [4.78, 5) is 16.8. The van der Waals surface area contributed by atoms with Gasteiger partial charge in [0, 0.05) is 12.6 Å². The second kappa shape index (κ2) is 7.19. The van der Waals surface area contributed by atoms with Crippen LogP contribution in [0.15, 0.2) is 48.7 Å². The fourth-order valence-corrected chi connectivity index (χ4v) is 2.99. The molecule has 0 bridgehead atoms. The molecule has 2 heterocycles. The van der Waals surface area contributed by atoms with Crippen molar-refractivity contribution in [2.75, 3.05) is 25.0 Å². The molecule has 1 aromatic heterocycles.